The van der Waals surface area contributed by atoms with Crippen LogP contribution < -0.4 is 4.74 Å². The van der Waals surface area contributed by atoms with Crippen molar-refractivity contribution in [2.45, 2.75) is 12.6 Å². The summed E-state index contributed by atoms with van der Waals surface area (Å²) in [5.74, 6) is 0.349. The molecule has 0 aliphatic heterocycles. The third kappa shape index (κ3) is 5.55. The maximum absolute atomic E-state index is 13.9. The molecule has 0 radical (unpaired) electrons. The Morgan fingerprint density at radius 2 is 1.64 bits per heavy atom. The molecule has 3 aromatic rings. The maximum Gasteiger partial charge on any atom is 0.129 e. The van der Waals surface area contributed by atoms with E-state index in [-0.39, 0.29) is 12.4 Å². The fourth-order valence-corrected chi connectivity index (χ4v) is 3.22. The minimum atomic E-state index is -0.704. The highest BCUT2D eigenvalue weighted by Crippen LogP contribution is 2.22. The molecule has 1 atom stereocenters. The van der Waals surface area contributed by atoms with Crippen LogP contribution in [-0.4, -0.2) is 36.3 Å². The summed E-state index contributed by atoms with van der Waals surface area (Å²) in [6.07, 6.45) is -0.704. The molecule has 0 aromatic heterocycles. The van der Waals surface area contributed by atoms with Crippen LogP contribution in [0.4, 0.5) is 4.39 Å². The molecule has 0 saturated heterocycles. The molecule has 146 valence electrons. The fourth-order valence-electron chi connectivity index (χ4n) is 3.00. The van der Waals surface area contributed by atoms with Gasteiger partial charge in [-0.05, 0) is 42.4 Å². The first-order valence-corrected chi connectivity index (χ1v) is 9.48. The van der Waals surface area contributed by atoms with E-state index in [2.05, 4.69) is 12.1 Å². The number of hydrogen-bond acceptors (Lipinski definition) is 3. The lowest BCUT2D eigenvalue weighted by molar-refractivity contribution is 0.0741. The number of ether oxygens (including phenoxy) is 1. The van der Waals surface area contributed by atoms with Gasteiger partial charge < -0.3 is 9.84 Å². The highest BCUT2D eigenvalue weighted by atomic mass is 35.5. The zero-order valence-corrected chi connectivity index (χ0v) is 16.4. The molecule has 0 bridgehead atoms. The zero-order chi connectivity index (χ0) is 19.9. The second-order valence-electron chi connectivity index (χ2n) is 6.75. The van der Waals surface area contributed by atoms with Crippen molar-refractivity contribution in [2.75, 3.05) is 20.2 Å². The number of hydrogen-bond donors (Lipinski definition) is 1. The third-order valence-electron chi connectivity index (χ3n) is 4.42. The molecule has 0 aliphatic carbocycles. The summed E-state index contributed by atoms with van der Waals surface area (Å²) in [4.78, 5) is 1.82. The summed E-state index contributed by atoms with van der Waals surface area (Å²) >= 11 is 6.05. The SMILES string of the molecule is CN(Cc1c(F)cccc1Cl)C[C@H](O)COc1ccc(-c2ccccc2)cc1. The quantitative estimate of drug-likeness (QED) is 0.577. The lowest BCUT2D eigenvalue weighted by atomic mass is 10.1. The van der Waals surface area contributed by atoms with Crippen molar-refractivity contribution in [1.29, 1.82) is 0 Å². The van der Waals surface area contributed by atoms with Crippen molar-refractivity contribution in [3.05, 3.63) is 89.2 Å². The minimum absolute atomic E-state index is 0.153. The first-order valence-electron chi connectivity index (χ1n) is 9.10. The number of rotatable bonds is 8. The predicted octanol–water partition coefficient (Wildman–Crippen LogP) is 5.02. The molecule has 3 nitrogen and oxygen atoms in total. The van der Waals surface area contributed by atoms with Gasteiger partial charge in [0.15, 0.2) is 0 Å². The Labute approximate surface area is 170 Å². The molecule has 3 rings (SSSR count). The number of aliphatic hydroxyl groups excluding tert-OH is 1. The van der Waals surface area contributed by atoms with Gasteiger partial charge in [0.2, 0.25) is 0 Å². The number of likely N-dealkylation sites (N-methyl/N-ethyl adjacent to an activating group) is 1. The second kappa shape index (κ2) is 9.69. The van der Waals surface area contributed by atoms with Gasteiger partial charge in [-0.2, -0.15) is 0 Å². The topological polar surface area (TPSA) is 32.7 Å². The van der Waals surface area contributed by atoms with Crippen LogP contribution >= 0.6 is 11.6 Å². The molecule has 0 unspecified atom stereocenters. The van der Waals surface area contributed by atoms with E-state index in [1.165, 1.54) is 6.07 Å². The van der Waals surface area contributed by atoms with Gasteiger partial charge >= 0.3 is 0 Å². The summed E-state index contributed by atoms with van der Waals surface area (Å²) in [6, 6.07) is 22.5. The van der Waals surface area contributed by atoms with E-state index >= 15 is 0 Å². The molecule has 0 spiro atoms. The molecule has 0 saturated carbocycles. The van der Waals surface area contributed by atoms with Crippen LogP contribution in [-0.2, 0) is 6.54 Å². The molecule has 0 fully saturated rings. The Bertz CT molecular complexity index is 867. The lowest BCUT2D eigenvalue weighted by Crippen LogP contribution is -2.33. The number of nitrogens with zero attached hydrogens (tertiary/aromatic N) is 1. The van der Waals surface area contributed by atoms with E-state index in [1.54, 1.807) is 19.2 Å². The molecule has 0 heterocycles. The number of aliphatic hydroxyl groups is 1. The van der Waals surface area contributed by atoms with Gasteiger partial charge in [-0.3, -0.25) is 4.90 Å². The highest BCUT2D eigenvalue weighted by molar-refractivity contribution is 6.31. The van der Waals surface area contributed by atoms with Crippen molar-refractivity contribution in [3.63, 3.8) is 0 Å². The van der Waals surface area contributed by atoms with Gasteiger partial charge in [0, 0.05) is 23.7 Å². The van der Waals surface area contributed by atoms with E-state index in [0.29, 0.717) is 29.4 Å². The standard InChI is InChI=1S/C23H23ClFNO2/c1-26(15-21-22(24)8-5-9-23(21)25)14-19(27)16-28-20-12-10-18(11-13-20)17-6-3-2-4-7-17/h2-13,19,27H,14-16H2,1H3/t19-/m0/s1. The second-order valence-corrected chi connectivity index (χ2v) is 7.16. The Hall–Kier alpha value is -2.40. The maximum atomic E-state index is 13.9. The smallest absolute Gasteiger partial charge is 0.129 e. The summed E-state index contributed by atoms with van der Waals surface area (Å²) in [5, 5.41) is 10.6. The first kappa shape index (κ1) is 20.3. The zero-order valence-electron chi connectivity index (χ0n) is 15.7. The van der Waals surface area contributed by atoms with Gasteiger partial charge in [0.05, 0.1) is 0 Å². The van der Waals surface area contributed by atoms with Crippen molar-refractivity contribution in [3.8, 4) is 16.9 Å². The molecule has 0 aliphatic rings. The van der Waals surface area contributed by atoms with E-state index < -0.39 is 6.10 Å². The number of halogens is 2. The Kier molecular flexibility index (Phi) is 7.04. The van der Waals surface area contributed by atoms with Gasteiger partial charge in [0.1, 0.15) is 24.3 Å². The van der Waals surface area contributed by atoms with Crippen molar-refractivity contribution < 1.29 is 14.2 Å². The summed E-state index contributed by atoms with van der Waals surface area (Å²) in [6.45, 7) is 0.807. The third-order valence-corrected chi connectivity index (χ3v) is 4.77. The van der Waals surface area contributed by atoms with E-state index in [9.17, 15) is 9.50 Å². The fraction of sp³-hybridized carbons (Fsp3) is 0.217. The van der Waals surface area contributed by atoms with E-state index in [4.69, 9.17) is 16.3 Å². The molecular weight excluding hydrogens is 377 g/mol. The van der Waals surface area contributed by atoms with Crippen LogP contribution in [0.2, 0.25) is 5.02 Å². The minimum Gasteiger partial charge on any atom is -0.491 e. The molecule has 28 heavy (non-hydrogen) atoms. The summed E-state index contributed by atoms with van der Waals surface area (Å²) in [5.41, 5.74) is 2.67. The van der Waals surface area contributed by atoms with Crippen LogP contribution in [0.1, 0.15) is 5.56 Å². The van der Waals surface area contributed by atoms with E-state index in [1.807, 2.05) is 47.4 Å². The average molecular weight is 400 g/mol. The molecule has 0 amide bonds. The van der Waals surface area contributed by atoms with Crippen molar-refractivity contribution in [1.82, 2.24) is 4.90 Å². The van der Waals surface area contributed by atoms with Crippen LogP contribution in [0.5, 0.6) is 5.75 Å². The average Bonchev–Trinajstić information content (AvgIpc) is 2.70. The highest BCUT2D eigenvalue weighted by Gasteiger charge is 2.13. The Balaban J connectivity index is 1.49. The molecule has 5 heteroatoms. The Morgan fingerprint density at radius 3 is 2.32 bits per heavy atom. The lowest BCUT2D eigenvalue weighted by Gasteiger charge is -2.21. The van der Waals surface area contributed by atoms with Gasteiger partial charge in [-0.15, -0.1) is 0 Å². The van der Waals surface area contributed by atoms with Crippen LogP contribution in [0.15, 0.2) is 72.8 Å². The first-order chi connectivity index (χ1) is 13.5. The van der Waals surface area contributed by atoms with Crippen molar-refractivity contribution >= 4 is 11.6 Å². The summed E-state index contributed by atoms with van der Waals surface area (Å²) < 4.78 is 19.6. The molecule has 3 aromatic carbocycles. The van der Waals surface area contributed by atoms with Crippen LogP contribution in [0, 0.1) is 5.82 Å². The molecular formula is C23H23ClFNO2. The van der Waals surface area contributed by atoms with Gasteiger partial charge in [-0.25, -0.2) is 4.39 Å². The normalized spacial score (nSPS) is 12.2. The van der Waals surface area contributed by atoms with Gasteiger partial charge in [-0.1, -0.05) is 60.1 Å². The monoisotopic (exact) mass is 399 g/mol. The van der Waals surface area contributed by atoms with E-state index in [0.717, 1.165) is 11.1 Å². The molecule has 1 N–H and O–H groups in total. The number of benzene rings is 3. The Morgan fingerprint density at radius 1 is 0.964 bits per heavy atom. The van der Waals surface area contributed by atoms with Crippen molar-refractivity contribution in [2.24, 2.45) is 0 Å². The largest absolute Gasteiger partial charge is 0.491 e. The predicted molar refractivity (Wildman–Crippen MR) is 111 cm³/mol. The summed E-state index contributed by atoms with van der Waals surface area (Å²) in [7, 11) is 1.81. The van der Waals surface area contributed by atoms with Crippen LogP contribution in [0.25, 0.3) is 11.1 Å². The van der Waals surface area contributed by atoms with Crippen LogP contribution in [0.3, 0.4) is 0 Å². The van der Waals surface area contributed by atoms with Gasteiger partial charge in [0.25, 0.3) is 0 Å².